The molecule has 2 atom stereocenters. The first kappa shape index (κ1) is 17.2. The molecule has 0 spiro atoms. The van der Waals surface area contributed by atoms with Gasteiger partial charge < -0.3 is 15.0 Å². The van der Waals surface area contributed by atoms with Gasteiger partial charge in [0, 0.05) is 25.2 Å². The van der Waals surface area contributed by atoms with Crippen LogP contribution in [0.3, 0.4) is 0 Å². The van der Waals surface area contributed by atoms with Crippen LogP contribution in [0.2, 0.25) is 0 Å². The second-order valence-corrected chi connectivity index (χ2v) is 5.13. The minimum absolute atomic E-state index is 0.161. The first-order valence-electron chi connectivity index (χ1n) is 7.19. The molecule has 0 aliphatic carbocycles. The van der Waals surface area contributed by atoms with Gasteiger partial charge in [0.2, 0.25) is 0 Å². The quantitative estimate of drug-likeness (QED) is 0.726. The van der Waals surface area contributed by atoms with Gasteiger partial charge in [0.1, 0.15) is 5.60 Å². The molecule has 4 nitrogen and oxygen atoms in total. The van der Waals surface area contributed by atoms with Gasteiger partial charge in [-0.25, -0.2) is 4.79 Å². The van der Waals surface area contributed by atoms with Crippen molar-refractivity contribution in [2.75, 3.05) is 13.1 Å². The number of nitrogens with one attached hydrogen (secondary N) is 1. The number of hydrogen-bond donors (Lipinski definition) is 1. The Morgan fingerprint density at radius 1 is 1.22 bits per heavy atom. The second kappa shape index (κ2) is 7.62. The number of amides is 1. The van der Waals surface area contributed by atoms with Crippen LogP contribution < -0.4 is 5.32 Å². The number of piperazine rings is 1. The Morgan fingerprint density at radius 3 is 2.11 bits per heavy atom. The van der Waals surface area contributed by atoms with E-state index >= 15 is 0 Å². The molecule has 4 heteroatoms. The highest BCUT2D eigenvalue weighted by molar-refractivity contribution is 5.69. The van der Waals surface area contributed by atoms with Crippen molar-refractivity contribution < 1.29 is 9.53 Å². The molecule has 18 heavy (non-hydrogen) atoms. The van der Waals surface area contributed by atoms with Crippen molar-refractivity contribution in [2.24, 2.45) is 0 Å². The number of ether oxygens (including phenoxy) is 1. The maximum Gasteiger partial charge on any atom is 0.410 e. The zero-order valence-electron chi connectivity index (χ0n) is 13.0. The average Bonchev–Trinajstić information content (AvgIpc) is 2.94. The number of carbonyl (C=O) groups excluding carboxylic acids is 1. The van der Waals surface area contributed by atoms with E-state index in [9.17, 15) is 4.79 Å². The van der Waals surface area contributed by atoms with Crippen LogP contribution in [0.1, 0.15) is 54.9 Å². The number of fused-ring (bicyclic) bond motifs is 2. The molecule has 0 aromatic carbocycles. The molecule has 0 radical (unpaired) electrons. The summed E-state index contributed by atoms with van der Waals surface area (Å²) in [7, 11) is 0. The van der Waals surface area contributed by atoms with E-state index < -0.39 is 0 Å². The number of rotatable bonds is 0. The Balaban J connectivity index is 0.000000659. The summed E-state index contributed by atoms with van der Waals surface area (Å²) in [4.78, 5) is 13.6. The molecule has 0 aromatic rings. The molecule has 0 aromatic heterocycles. The molecule has 2 aliphatic rings. The minimum Gasteiger partial charge on any atom is -0.444 e. The Kier molecular flexibility index (Phi) is 7.29. The van der Waals surface area contributed by atoms with Gasteiger partial charge in [-0.1, -0.05) is 27.7 Å². The highest BCUT2D eigenvalue weighted by Gasteiger charge is 2.41. The summed E-state index contributed by atoms with van der Waals surface area (Å²) in [5.74, 6) is 0. The van der Waals surface area contributed by atoms with Crippen LogP contribution in [0.5, 0.6) is 0 Å². The second-order valence-electron chi connectivity index (χ2n) is 5.13. The molecular weight excluding hydrogens is 228 g/mol. The largest absolute Gasteiger partial charge is 0.444 e. The van der Waals surface area contributed by atoms with E-state index in [0.717, 1.165) is 19.5 Å². The van der Waals surface area contributed by atoms with Gasteiger partial charge in [0.25, 0.3) is 0 Å². The van der Waals surface area contributed by atoms with Crippen molar-refractivity contribution in [3.05, 3.63) is 0 Å². The highest BCUT2D eigenvalue weighted by atomic mass is 16.6. The molecule has 1 N–H and O–H groups in total. The molecule has 1 amide bonds. The van der Waals surface area contributed by atoms with Gasteiger partial charge >= 0.3 is 6.09 Å². The summed E-state index contributed by atoms with van der Waals surface area (Å²) in [6.07, 6.45) is 0.922. The van der Waals surface area contributed by atoms with E-state index in [-0.39, 0.29) is 11.7 Å². The Bertz CT molecular complexity index is 249. The summed E-state index contributed by atoms with van der Waals surface area (Å²) in [6.45, 7) is 15.4. The topological polar surface area (TPSA) is 41.6 Å². The third kappa shape index (κ3) is 4.84. The van der Waals surface area contributed by atoms with E-state index in [4.69, 9.17) is 4.74 Å². The highest BCUT2D eigenvalue weighted by Crippen LogP contribution is 2.25. The maximum atomic E-state index is 11.7. The lowest BCUT2D eigenvalue weighted by Crippen LogP contribution is -2.48. The molecule has 2 heterocycles. The van der Waals surface area contributed by atoms with Crippen molar-refractivity contribution in [2.45, 2.75) is 72.6 Å². The molecule has 2 saturated heterocycles. The first-order chi connectivity index (χ1) is 8.46. The normalized spacial score (nSPS) is 24.7. The lowest BCUT2D eigenvalue weighted by molar-refractivity contribution is 0.0204. The number of hydrogen-bond acceptors (Lipinski definition) is 3. The van der Waals surface area contributed by atoms with E-state index in [1.54, 1.807) is 0 Å². The molecule has 2 bridgehead atoms. The lowest BCUT2D eigenvalue weighted by Gasteiger charge is -2.30. The van der Waals surface area contributed by atoms with Crippen molar-refractivity contribution in [1.82, 2.24) is 10.2 Å². The zero-order valence-corrected chi connectivity index (χ0v) is 13.0. The van der Waals surface area contributed by atoms with Gasteiger partial charge in [-0.05, 0) is 27.2 Å². The van der Waals surface area contributed by atoms with Crippen LogP contribution in [0.15, 0.2) is 0 Å². The fourth-order valence-corrected chi connectivity index (χ4v) is 2.10. The lowest BCUT2D eigenvalue weighted by atomic mass is 10.2. The first-order valence-corrected chi connectivity index (χ1v) is 7.19. The monoisotopic (exact) mass is 258 g/mol. The summed E-state index contributed by atoms with van der Waals surface area (Å²) < 4.78 is 5.33. The summed E-state index contributed by atoms with van der Waals surface area (Å²) in [5, 5.41) is 3.35. The average molecular weight is 258 g/mol. The van der Waals surface area contributed by atoms with Crippen molar-refractivity contribution in [3.63, 3.8) is 0 Å². The Labute approximate surface area is 112 Å². The summed E-state index contributed by atoms with van der Waals surface area (Å²) >= 11 is 0. The summed E-state index contributed by atoms with van der Waals surface area (Å²) in [6, 6.07) is 0.849. The number of nitrogens with zero attached hydrogens (tertiary/aromatic N) is 1. The van der Waals surface area contributed by atoms with E-state index in [2.05, 4.69) is 5.32 Å². The zero-order chi connectivity index (χ0) is 14.3. The molecule has 2 aliphatic heterocycles. The van der Waals surface area contributed by atoms with Crippen LogP contribution in [0.4, 0.5) is 4.79 Å². The van der Waals surface area contributed by atoms with E-state index in [0.29, 0.717) is 12.1 Å². The van der Waals surface area contributed by atoms with E-state index in [1.807, 2.05) is 53.4 Å². The van der Waals surface area contributed by atoms with Crippen LogP contribution in [-0.4, -0.2) is 41.8 Å². The Hall–Kier alpha value is -0.770. The van der Waals surface area contributed by atoms with Crippen LogP contribution in [0, 0.1) is 0 Å². The minimum atomic E-state index is -0.383. The molecule has 0 unspecified atom stereocenters. The van der Waals surface area contributed by atoms with Crippen LogP contribution in [0.25, 0.3) is 0 Å². The van der Waals surface area contributed by atoms with Crippen LogP contribution >= 0.6 is 0 Å². The van der Waals surface area contributed by atoms with Crippen LogP contribution in [-0.2, 0) is 4.74 Å². The fraction of sp³-hybridized carbons (Fsp3) is 0.929. The molecule has 108 valence electrons. The predicted octanol–water partition coefficient (Wildman–Crippen LogP) is 3.02. The smallest absolute Gasteiger partial charge is 0.410 e. The molecular formula is C14H30N2O2. The van der Waals surface area contributed by atoms with Crippen molar-refractivity contribution in [1.29, 1.82) is 0 Å². The van der Waals surface area contributed by atoms with Crippen molar-refractivity contribution >= 4 is 6.09 Å². The van der Waals surface area contributed by atoms with Gasteiger partial charge in [0.05, 0.1) is 0 Å². The number of carbonyl (C=O) groups is 1. The number of likely N-dealkylation sites (tertiary alicyclic amines) is 1. The third-order valence-corrected chi connectivity index (χ3v) is 2.68. The van der Waals surface area contributed by atoms with E-state index in [1.165, 1.54) is 0 Å². The SMILES string of the molecule is CC.CC.CC(C)(C)OC(=O)N1C[C@@H]2C[C@H]1CN2. The standard InChI is InChI=1S/C10H18N2O2.2C2H6/c1-10(2,3)14-9(13)12-6-7-4-8(12)5-11-7;2*1-2/h7-8,11H,4-6H2,1-3H3;2*1-2H3/t7-,8-;;/m0../s1. The van der Waals surface area contributed by atoms with Gasteiger partial charge in [-0.3, -0.25) is 0 Å². The van der Waals surface area contributed by atoms with Crippen molar-refractivity contribution in [3.8, 4) is 0 Å². The van der Waals surface area contributed by atoms with Gasteiger partial charge in [-0.2, -0.15) is 0 Å². The molecule has 2 rings (SSSR count). The third-order valence-electron chi connectivity index (χ3n) is 2.68. The molecule has 0 saturated carbocycles. The Morgan fingerprint density at radius 2 is 1.78 bits per heavy atom. The fourth-order valence-electron chi connectivity index (χ4n) is 2.10. The van der Waals surface area contributed by atoms with Gasteiger partial charge in [0.15, 0.2) is 0 Å². The maximum absolute atomic E-state index is 11.7. The summed E-state index contributed by atoms with van der Waals surface area (Å²) in [5.41, 5.74) is -0.383. The molecule has 2 fully saturated rings. The van der Waals surface area contributed by atoms with Gasteiger partial charge in [-0.15, -0.1) is 0 Å². The predicted molar refractivity (Wildman–Crippen MR) is 75.8 cm³/mol.